The lowest BCUT2D eigenvalue weighted by Gasteiger charge is -2.45. The maximum absolute atomic E-state index is 13.2. The zero-order chi connectivity index (χ0) is 18.7. The molecule has 2 aromatic rings. The molecule has 0 atom stereocenters. The molecular weight excluding hydrogens is 335 g/mol. The number of likely N-dealkylation sites (tertiary alicyclic amines) is 1. The number of nitrogens with two attached hydrogens (primary N) is 1. The summed E-state index contributed by atoms with van der Waals surface area (Å²) in [7, 11) is 0. The Hall–Kier alpha value is -1.71. The standard InChI is InChI=1S/C24H31FN2/c25-22-8-6-19(7-9-22)20-12-16-27(17-13-20)23-10-14-24(18-26,15-11-23)21-4-2-1-3-5-21/h1-9,20,23H,10-18,26H2. The van der Waals surface area contributed by atoms with Crippen LogP contribution in [0.3, 0.4) is 0 Å². The van der Waals surface area contributed by atoms with Crippen LogP contribution >= 0.6 is 0 Å². The molecule has 1 heterocycles. The molecular formula is C24H31FN2. The molecule has 1 saturated heterocycles. The summed E-state index contributed by atoms with van der Waals surface area (Å²) in [5.41, 5.74) is 9.13. The van der Waals surface area contributed by atoms with E-state index in [1.54, 1.807) is 12.1 Å². The summed E-state index contributed by atoms with van der Waals surface area (Å²) in [4.78, 5) is 2.70. The van der Waals surface area contributed by atoms with Gasteiger partial charge in [-0.1, -0.05) is 42.5 Å². The monoisotopic (exact) mass is 366 g/mol. The van der Waals surface area contributed by atoms with Crippen LogP contribution in [-0.4, -0.2) is 30.6 Å². The highest BCUT2D eigenvalue weighted by Crippen LogP contribution is 2.41. The molecule has 2 aliphatic rings. The average Bonchev–Trinajstić information content (AvgIpc) is 2.75. The van der Waals surface area contributed by atoms with Crippen LogP contribution < -0.4 is 5.73 Å². The number of hydrogen-bond donors (Lipinski definition) is 1. The van der Waals surface area contributed by atoms with Gasteiger partial charge in [0.2, 0.25) is 0 Å². The van der Waals surface area contributed by atoms with E-state index in [-0.39, 0.29) is 11.2 Å². The molecule has 0 aromatic heterocycles. The van der Waals surface area contributed by atoms with Gasteiger partial charge in [0.15, 0.2) is 0 Å². The number of piperidine rings is 1. The van der Waals surface area contributed by atoms with Crippen molar-refractivity contribution in [2.45, 2.75) is 55.9 Å². The molecule has 144 valence electrons. The van der Waals surface area contributed by atoms with E-state index in [0.29, 0.717) is 12.0 Å². The Morgan fingerprint density at radius 3 is 2.11 bits per heavy atom. The zero-order valence-corrected chi connectivity index (χ0v) is 16.1. The van der Waals surface area contributed by atoms with Crippen LogP contribution in [0.5, 0.6) is 0 Å². The summed E-state index contributed by atoms with van der Waals surface area (Å²) >= 11 is 0. The molecule has 27 heavy (non-hydrogen) atoms. The SMILES string of the molecule is NCC1(c2ccccc2)CCC(N2CCC(c3ccc(F)cc3)CC2)CC1. The van der Waals surface area contributed by atoms with Crippen molar-refractivity contribution in [1.29, 1.82) is 0 Å². The third kappa shape index (κ3) is 3.95. The van der Waals surface area contributed by atoms with Crippen molar-refractivity contribution in [2.24, 2.45) is 5.73 Å². The van der Waals surface area contributed by atoms with Gasteiger partial charge in [0.05, 0.1) is 0 Å². The number of hydrogen-bond acceptors (Lipinski definition) is 2. The molecule has 0 radical (unpaired) electrons. The van der Waals surface area contributed by atoms with Crippen LogP contribution in [0.2, 0.25) is 0 Å². The summed E-state index contributed by atoms with van der Waals surface area (Å²) < 4.78 is 13.2. The smallest absolute Gasteiger partial charge is 0.123 e. The number of nitrogens with zero attached hydrogens (tertiary/aromatic N) is 1. The highest BCUT2D eigenvalue weighted by Gasteiger charge is 2.38. The molecule has 0 bridgehead atoms. The Balaban J connectivity index is 1.33. The lowest BCUT2D eigenvalue weighted by Crippen LogP contribution is -2.47. The Labute approximate surface area is 162 Å². The number of benzene rings is 2. The van der Waals surface area contributed by atoms with Gasteiger partial charge >= 0.3 is 0 Å². The van der Waals surface area contributed by atoms with Crippen molar-refractivity contribution in [1.82, 2.24) is 4.90 Å². The second-order valence-electron chi connectivity index (χ2n) is 8.44. The average molecular weight is 367 g/mol. The maximum Gasteiger partial charge on any atom is 0.123 e. The predicted molar refractivity (Wildman–Crippen MR) is 109 cm³/mol. The van der Waals surface area contributed by atoms with Crippen molar-refractivity contribution >= 4 is 0 Å². The summed E-state index contributed by atoms with van der Waals surface area (Å²) in [6, 6.07) is 18.7. The molecule has 2 aromatic carbocycles. The summed E-state index contributed by atoms with van der Waals surface area (Å²) in [5.74, 6) is 0.443. The van der Waals surface area contributed by atoms with Crippen molar-refractivity contribution in [3.05, 3.63) is 71.5 Å². The molecule has 1 aliphatic carbocycles. The second-order valence-corrected chi connectivity index (χ2v) is 8.44. The lowest BCUT2D eigenvalue weighted by molar-refractivity contribution is 0.0991. The third-order valence-electron chi connectivity index (χ3n) is 7.08. The van der Waals surface area contributed by atoms with Gasteiger partial charge in [0.25, 0.3) is 0 Å². The molecule has 1 saturated carbocycles. The van der Waals surface area contributed by atoms with Crippen LogP contribution in [-0.2, 0) is 5.41 Å². The quantitative estimate of drug-likeness (QED) is 0.838. The largest absolute Gasteiger partial charge is 0.330 e. The van der Waals surface area contributed by atoms with E-state index in [9.17, 15) is 4.39 Å². The minimum atomic E-state index is -0.139. The minimum absolute atomic E-state index is 0.139. The lowest BCUT2D eigenvalue weighted by atomic mass is 9.68. The number of rotatable bonds is 4. The van der Waals surface area contributed by atoms with Gasteiger partial charge in [-0.15, -0.1) is 0 Å². The van der Waals surface area contributed by atoms with Gasteiger partial charge in [-0.25, -0.2) is 4.39 Å². The van der Waals surface area contributed by atoms with E-state index in [2.05, 4.69) is 35.2 Å². The first-order valence-corrected chi connectivity index (χ1v) is 10.5. The Morgan fingerprint density at radius 1 is 0.889 bits per heavy atom. The second kappa shape index (κ2) is 8.12. The predicted octanol–water partition coefficient (Wildman–Crippen LogP) is 4.84. The first kappa shape index (κ1) is 18.6. The normalized spacial score (nSPS) is 27.6. The van der Waals surface area contributed by atoms with Crippen LogP contribution in [0, 0.1) is 5.82 Å². The Kier molecular flexibility index (Phi) is 5.60. The molecule has 3 heteroatoms. The third-order valence-corrected chi connectivity index (χ3v) is 7.08. The molecule has 0 spiro atoms. The summed E-state index contributed by atoms with van der Waals surface area (Å²) in [6.07, 6.45) is 7.23. The van der Waals surface area contributed by atoms with Gasteiger partial charge < -0.3 is 10.6 Å². The molecule has 2 nitrogen and oxygen atoms in total. The van der Waals surface area contributed by atoms with Crippen molar-refractivity contribution in [3.63, 3.8) is 0 Å². The van der Waals surface area contributed by atoms with Gasteiger partial charge in [-0.2, -0.15) is 0 Å². The van der Waals surface area contributed by atoms with E-state index in [1.165, 1.54) is 49.7 Å². The van der Waals surface area contributed by atoms with Gasteiger partial charge in [0.1, 0.15) is 5.82 Å². The summed E-state index contributed by atoms with van der Waals surface area (Å²) in [6.45, 7) is 3.07. The van der Waals surface area contributed by atoms with E-state index in [1.807, 2.05) is 12.1 Å². The van der Waals surface area contributed by atoms with Crippen LogP contribution in [0.1, 0.15) is 55.6 Å². The van der Waals surface area contributed by atoms with E-state index in [0.717, 1.165) is 19.6 Å². The molecule has 2 fully saturated rings. The van der Waals surface area contributed by atoms with Crippen LogP contribution in [0.4, 0.5) is 4.39 Å². The van der Waals surface area contributed by atoms with E-state index in [4.69, 9.17) is 5.73 Å². The minimum Gasteiger partial charge on any atom is -0.330 e. The van der Waals surface area contributed by atoms with Gasteiger partial charge in [-0.3, -0.25) is 0 Å². The van der Waals surface area contributed by atoms with E-state index >= 15 is 0 Å². The fourth-order valence-corrected chi connectivity index (χ4v) is 5.26. The molecule has 4 rings (SSSR count). The van der Waals surface area contributed by atoms with Crippen LogP contribution in [0.25, 0.3) is 0 Å². The summed E-state index contributed by atoms with van der Waals surface area (Å²) in [5, 5.41) is 0. The number of halogens is 1. The van der Waals surface area contributed by atoms with Gasteiger partial charge in [-0.05, 0) is 80.8 Å². The van der Waals surface area contributed by atoms with Crippen LogP contribution in [0.15, 0.2) is 54.6 Å². The fourth-order valence-electron chi connectivity index (χ4n) is 5.26. The van der Waals surface area contributed by atoms with Gasteiger partial charge in [0, 0.05) is 18.0 Å². The highest BCUT2D eigenvalue weighted by atomic mass is 19.1. The first-order chi connectivity index (χ1) is 13.2. The molecule has 1 aliphatic heterocycles. The maximum atomic E-state index is 13.2. The van der Waals surface area contributed by atoms with E-state index < -0.39 is 0 Å². The first-order valence-electron chi connectivity index (χ1n) is 10.5. The Bertz CT molecular complexity index is 712. The fraction of sp³-hybridized carbons (Fsp3) is 0.500. The van der Waals surface area contributed by atoms with Crippen molar-refractivity contribution in [3.8, 4) is 0 Å². The van der Waals surface area contributed by atoms with Crippen molar-refractivity contribution < 1.29 is 4.39 Å². The molecule has 0 unspecified atom stereocenters. The molecule has 0 amide bonds. The highest BCUT2D eigenvalue weighted by molar-refractivity contribution is 5.27. The topological polar surface area (TPSA) is 29.3 Å². The van der Waals surface area contributed by atoms with Crippen molar-refractivity contribution in [2.75, 3.05) is 19.6 Å². The zero-order valence-electron chi connectivity index (χ0n) is 16.1. The molecule has 2 N–H and O–H groups in total. The Morgan fingerprint density at radius 2 is 1.52 bits per heavy atom.